The second-order valence-corrected chi connectivity index (χ2v) is 7.55. The average Bonchev–Trinajstić information content (AvgIpc) is 2.48. The lowest BCUT2D eigenvalue weighted by atomic mass is 10.1. The summed E-state index contributed by atoms with van der Waals surface area (Å²) in [7, 11) is -4.78. The van der Waals surface area contributed by atoms with Gasteiger partial charge in [0.2, 0.25) is 0 Å². The second kappa shape index (κ2) is 17.2. The Balaban J connectivity index is -0.00000264. The number of ether oxygens (including phenoxy) is 1. The largest absolute Gasteiger partial charge is 0.481 e. The number of carbonyl (C=O) groups is 2. The summed E-state index contributed by atoms with van der Waals surface area (Å²) in [5.41, 5.74) is 0. The molecule has 0 rings (SSSR count). The summed E-state index contributed by atoms with van der Waals surface area (Å²) < 4.78 is 35.6. The first kappa shape index (κ1) is 29.5. The van der Waals surface area contributed by atoms with E-state index >= 15 is 0 Å². The SMILES string of the molecule is CCCCCCCCCCCCOC(=O)C(CC(=O)O)S(=O)(=O)O.N.N. The molecule has 10 heteroatoms. The van der Waals surface area contributed by atoms with Crippen molar-refractivity contribution in [3.05, 3.63) is 0 Å². The summed E-state index contributed by atoms with van der Waals surface area (Å²) >= 11 is 0. The molecule has 9 nitrogen and oxygen atoms in total. The number of esters is 1. The van der Waals surface area contributed by atoms with Gasteiger partial charge in [0.05, 0.1) is 13.0 Å². The number of hydrogen-bond acceptors (Lipinski definition) is 7. The zero-order valence-corrected chi connectivity index (χ0v) is 16.6. The van der Waals surface area contributed by atoms with Crippen LogP contribution in [0.2, 0.25) is 0 Å². The van der Waals surface area contributed by atoms with Crippen molar-refractivity contribution < 1.29 is 32.4 Å². The molecule has 0 aliphatic heterocycles. The normalized spacial score (nSPS) is 11.8. The third-order valence-electron chi connectivity index (χ3n) is 3.72. The first-order chi connectivity index (χ1) is 11.3. The third kappa shape index (κ3) is 16.2. The highest BCUT2D eigenvalue weighted by atomic mass is 32.2. The van der Waals surface area contributed by atoms with Gasteiger partial charge in [0.15, 0.2) is 5.25 Å². The monoisotopic (exact) mass is 400 g/mol. The molecule has 0 fully saturated rings. The van der Waals surface area contributed by atoms with Crippen LogP contribution >= 0.6 is 0 Å². The van der Waals surface area contributed by atoms with Crippen LogP contribution in [0, 0.1) is 0 Å². The van der Waals surface area contributed by atoms with Gasteiger partial charge in [-0.25, -0.2) is 0 Å². The molecule has 1 atom stereocenters. The molecular formula is C16H36N2O7S. The van der Waals surface area contributed by atoms with Crippen LogP contribution in [-0.4, -0.2) is 41.9 Å². The van der Waals surface area contributed by atoms with E-state index in [2.05, 4.69) is 6.92 Å². The molecule has 0 aromatic rings. The number of aliphatic carboxylic acids is 1. The Kier molecular flexibility index (Phi) is 19.5. The number of carboxylic acids is 1. The van der Waals surface area contributed by atoms with Crippen LogP contribution in [0.1, 0.15) is 77.6 Å². The first-order valence-corrected chi connectivity index (χ1v) is 10.1. The van der Waals surface area contributed by atoms with Crippen LogP contribution < -0.4 is 12.3 Å². The van der Waals surface area contributed by atoms with Crippen LogP contribution in [0.3, 0.4) is 0 Å². The third-order valence-corrected chi connectivity index (χ3v) is 4.80. The molecule has 0 aliphatic carbocycles. The van der Waals surface area contributed by atoms with E-state index in [1.54, 1.807) is 0 Å². The molecule has 0 bridgehead atoms. The lowest BCUT2D eigenvalue weighted by Gasteiger charge is -2.11. The van der Waals surface area contributed by atoms with Crippen LogP contribution in [0.25, 0.3) is 0 Å². The van der Waals surface area contributed by atoms with Gasteiger partial charge in [0.1, 0.15) is 0 Å². The maximum absolute atomic E-state index is 11.6. The fourth-order valence-corrected chi connectivity index (χ4v) is 2.99. The van der Waals surface area contributed by atoms with Crippen molar-refractivity contribution in [1.29, 1.82) is 0 Å². The van der Waals surface area contributed by atoms with E-state index in [-0.39, 0.29) is 18.9 Å². The van der Waals surface area contributed by atoms with Crippen molar-refractivity contribution in [2.45, 2.75) is 82.8 Å². The zero-order valence-electron chi connectivity index (χ0n) is 15.8. The number of rotatable bonds is 15. The van der Waals surface area contributed by atoms with Crippen LogP contribution in [0.15, 0.2) is 0 Å². The molecule has 26 heavy (non-hydrogen) atoms. The minimum absolute atomic E-state index is 0. The van der Waals surface area contributed by atoms with Gasteiger partial charge < -0.3 is 22.1 Å². The van der Waals surface area contributed by atoms with Crippen molar-refractivity contribution in [2.75, 3.05) is 6.61 Å². The fourth-order valence-electron chi connectivity index (χ4n) is 2.32. The summed E-state index contributed by atoms with van der Waals surface area (Å²) in [6.45, 7) is 2.22. The van der Waals surface area contributed by atoms with Crippen molar-refractivity contribution in [3.63, 3.8) is 0 Å². The van der Waals surface area contributed by atoms with Crippen LogP contribution in [0.5, 0.6) is 0 Å². The van der Waals surface area contributed by atoms with Gasteiger partial charge in [-0.3, -0.25) is 14.1 Å². The lowest BCUT2D eigenvalue weighted by Crippen LogP contribution is -2.34. The average molecular weight is 401 g/mol. The van der Waals surface area contributed by atoms with E-state index in [0.29, 0.717) is 6.42 Å². The lowest BCUT2D eigenvalue weighted by molar-refractivity contribution is -0.147. The van der Waals surface area contributed by atoms with Crippen molar-refractivity contribution in [1.82, 2.24) is 12.3 Å². The molecule has 158 valence electrons. The summed E-state index contributed by atoms with van der Waals surface area (Å²) in [6.07, 6.45) is 10.1. The van der Waals surface area contributed by atoms with Crippen molar-refractivity contribution >= 4 is 22.1 Å². The highest BCUT2D eigenvalue weighted by Gasteiger charge is 2.34. The molecule has 1 unspecified atom stereocenters. The molecular weight excluding hydrogens is 364 g/mol. The molecule has 0 saturated heterocycles. The predicted octanol–water partition coefficient (Wildman–Crippen LogP) is 3.51. The maximum atomic E-state index is 11.6. The van der Waals surface area contributed by atoms with E-state index in [0.717, 1.165) is 19.3 Å². The number of hydrogen-bond donors (Lipinski definition) is 4. The van der Waals surface area contributed by atoms with Gasteiger partial charge in [-0.05, 0) is 6.42 Å². The topological polar surface area (TPSA) is 188 Å². The molecule has 0 aromatic heterocycles. The maximum Gasteiger partial charge on any atom is 0.327 e. The van der Waals surface area contributed by atoms with Crippen molar-refractivity contribution in [2.24, 2.45) is 0 Å². The molecule has 0 heterocycles. The van der Waals surface area contributed by atoms with Gasteiger partial charge in [0, 0.05) is 0 Å². The summed E-state index contributed by atoms with van der Waals surface area (Å²) in [4.78, 5) is 22.1. The minimum atomic E-state index is -4.78. The minimum Gasteiger partial charge on any atom is -0.481 e. The fraction of sp³-hybridized carbons (Fsp3) is 0.875. The molecule has 0 amide bonds. The molecule has 0 radical (unpaired) electrons. The summed E-state index contributed by atoms with van der Waals surface area (Å²) in [5.74, 6) is -2.70. The van der Waals surface area contributed by atoms with E-state index in [1.165, 1.54) is 38.5 Å². The molecule has 0 aliphatic rings. The Bertz CT molecular complexity index is 469. The predicted molar refractivity (Wildman–Crippen MR) is 100 cm³/mol. The quantitative estimate of drug-likeness (QED) is 0.181. The Morgan fingerprint density at radius 3 is 1.69 bits per heavy atom. The Hall–Kier alpha value is -1.23. The highest BCUT2D eigenvalue weighted by molar-refractivity contribution is 7.87. The van der Waals surface area contributed by atoms with Crippen molar-refractivity contribution in [3.8, 4) is 0 Å². The molecule has 0 aromatic carbocycles. The van der Waals surface area contributed by atoms with Gasteiger partial charge >= 0.3 is 11.9 Å². The van der Waals surface area contributed by atoms with Gasteiger partial charge in [-0.1, -0.05) is 64.7 Å². The zero-order chi connectivity index (χ0) is 18.4. The van der Waals surface area contributed by atoms with E-state index in [4.69, 9.17) is 14.4 Å². The van der Waals surface area contributed by atoms with Crippen LogP contribution in [-0.2, 0) is 24.4 Å². The number of unbranched alkanes of at least 4 members (excludes halogenated alkanes) is 9. The second-order valence-electron chi connectivity index (χ2n) is 5.95. The highest BCUT2D eigenvalue weighted by Crippen LogP contribution is 2.11. The standard InChI is InChI=1S/C16H30O7S.2H3N/c1-2-3-4-5-6-7-8-9-10-11-12-23-16(19)14(13-15(17)18)24(20,21)22;;/h14H,2-13H2,1H3,(H,17,18)(H,20,21,22);2*1H3. The van der Waals surface area contributed by atoms with Gasteiger partial charge in [-0.2, -0.15) is 8.42 Å². The molecule has 0 saturated carbocycles. The summed E-state index contributed by atoms with van der Waals surface area (Å²) in [6, 6.07) is 0. The Morgan fingerprint density at radius 2 is 1.31 bits per heavy atom. The Morgan fingerprint density at radius 1 is 0.885 bits per heavy atom. The smallest absolute Gasteiger partial charge is 0.327 e. The van der Waals surface area contributed by atoms with Gasteiger partial charge in [0.25, 0.3) is 10.1 Å². The first-order valence-electron chi connectivity index (χ1n) is 8.63. The van der Waals surface area contributed by atoms with E-state index in [9.17, 15) is 18.0 Å². The number of carbonyl (C=O) groups excluding carboxylic acids is 1. The summed E-state index contributed by atoms with van der Waals surface area (Å²) in [5, 5.41) is 6.52. The Labute approximate surface area is 156 Å². The van der Waals surface area contributed by atoms with Crippen LogP contribution in [0.4, 0.5) is 0 Å². The van der Waals surface area contributed by atoms with Gasteiger partial charge in [-0.15, -0.1) is 0 Å². The molecule has 0 spiro atoms. The molecule has 8 N–H and O–H groups in total. The van der Waals surface area contributed by atoms with E-state index in [1.807, 2.05) is 0 Å². The van der Waals surface area contributed by atoms with E-state index < -0.39 is 33.7 Å². The number of carboxylic acid groups (broad SMARTS) is 1.